The molecule has 0 spiro atoms. The maximum Gasteiger partial charge on any atom is 0.411 e. The third-order valence-corrected chi connectivity index (χ3v) is 8.34. The van der Waals surface area contributed by atoms with E-state index in [4.69, 9.17) is 13.9 Å². The van der Waals surface area contributed by atoms with Gasteiger partial charge in [-0.15, -0.1) is 0 Å². The molecule has 4 rings (SSSR count). The van der Waals surface area contributed by atoms with E-state index in [2.05, 4.69) is 15.6 Å². The van der Waals surface area contributed by atoms with Crippen molar-refractivity contribution in [2.24, 2.45) is 11.8 Å². The van der Waals surface area contributed by atoms with Crippen molar-refractivity contribution >= 4 is 29.6 Å². The molecule has 2 bridgehead atoms. The summed E-state index contributed by atoms with van der Waals surface area (Å²) in [5.41, 5.74) is 2.21. The molecule has 3 N–H and O–H groups in total. The minimum absolute atomic E-state index is 0.00276. The van der Waals surface area contributed by atoms with Crippen LogP contribution in [0.3, 0.4) is 0 Å². The number of esters is 1. The normalized spacial score (nSPS) is 25.8. The van der Waals surface area contributed by atoms with Gasteiger partial charge < -0.3 is 29.2 Å². The van der Waals surface area contributed by atoms with Gasteiger partial charge in [0, 0.05) is 37.0 Å². The van der Waals surface area contributed by atoms with Crippen LogP contribution in [0.2, 0.25) is 0 Å². The lowest BCUT2D eigenvalue weighted by molar-refractivity contribution is -0.159. The molecule has 2 aliphatic rings. The van der Waals surface area contributed by atoms with E-state index < -0.39 is 54.2 Å². The monoisotopic (exact) mass is 680 g/mol. The standard InChI is InChI=1S/C36H45FN4O8/c1-22-9-12-27(13-10-22)39-36(46)48-20-25(4)33-24(3)11-14-31(43)38-15-5-7-23(2)17-28(42)18-26(37)19-32-40-29(21-47-32)34(44)41-16-6-8-30(41)35(45)49-33/h5,7,9-14,17,21,24-26,28,30,33,42H,6,8,15-16,18-20H2,1-4H3,(H,38,43)(H,39,46)/b7-5?,14-11+,23-17?/t24-,25-,26-,28-,30-,33+/m1/s1. The number of hydrogen-bond acceptors (Lipinski definition) is 9. The van der Waals surface area contributed by atoms with Crippen LogP contribution < -0.4 is 10.6 Å². The number of benzene rings is 1. The van der Waals surface area contributed by atoms with Gasteiger partial charge in [0.25, 0.3) is 5.91 Å². The van der Waals surface area contributed by atoms with Crippen molar-refractivity contribution < 1.29 is 42.6 Å². The Kier molecular flexibility index (Phi) is 13.3. The summed E-state index contributed by atoms with van der Waals surface area (Å²) in [5.74, 6) is -2.59. The highest BCUT2D eigenvalue weighted by molar-refractivity contribution is 5.95. The maximum absolute atomic E-state index is 14.8. The van der Waals surface area contributed by atoms with Gasteiger partial charge in [0.05, 0.1) is 19.1 Å². The Labute approximate surface area is 285 Å². The molecule has 0 radical (unpaired) electrons. The van der Waals surface area contributed by atoms with Crippen molar-refractivity contribution in [3.8, 4) is 0 Å². The van der Waals surface area contributed by atoms with E-state index in [1.807, 2.05) is 19.1 Å². The van der Waals surface area contributed by atoms with E-state index in [1.165, 1.54) is 17.1 Å². The number of amides is 3. The minimum atomic E-state index is -1.49. The Morgan fingerprint density at radius 1 is 1.20 bits per heavy atom. The first-order chi connectivity index (χ1) is 23.4. The van der Waals surface area contributed by atoms with Crippen LogP contribution in [0.25, 0.3) is 0 Å². The number of hydrogen-bond donors (Lipinski definition) is 3. The largest absolute Gasteiger partial charge is 0.460 e. The van der Waals surface area contributed by atoms with Crippen LogP contribution >= 0.6 is 0 Å². The number of rotatable bonds is 4. The van der Waals surface area contributed by atoms with Crippen molar-refractivity contribution in [1.82, 2.24) is 15.2 Å². The first-order valence-corrected chi connectivity index (χ1v) is 16.5. The van der Waals surface area contributed by atoms with Crippen molar-refractivity contribution in [1.29, 1.82) is 0 Å². The van der Waals surface area contributed by atoms with E-state index >= 15 is 0 Å². The number of nitrogens with one attached hydrogen (secondary N) is 2. The quantitative estimate of drug-likeness (QED) is 0.384. The highest BCUT2D eigenvalue weighted by Gasteiger charge is 2.39. The second-order valence-electron chi connectivity index (χ2n) is 12.6. The number of carbonyl (C=O) groups excluding carboxylic acids is 4. The van der Waals surface area contributed by atoms with Gasteiger partial charge in [0.15, 0.2) is 11.6 Å². The van der Waals surface area contributed by atoms with Gasteiger partial charge in [0.1, 0.15) is 24.6 Å². The number of aliphatic hydroxyl groups excluding tert-OH is 1. The Hall–Kier alpha value is -4.78. The molecule has 1 aromatic carbocycles. The molecule has 3 heterocycles. The van der Waals surface area contributed by atoms with Gasteiger partial charge in [-0.2, -0.15) is 0 Å². The molecule has 1 fully saturated rings. The molecular weight excluding hydrogens is 635 g/mol. The van der Waals surface area contributed by atoms with Gasteiger partial charge in [-0.05, 0) is 44.9 Å². The maximum atomic E-state index is 14.8. The Bertz CT molecular complexity index is 1550. The summed E-state index contributed by atoms with van der Waals surface area (Å²) in [7, 11) is 0. The highest BCUT2D eigenvalue weighted by Crippen LogP contribution is 2.26. The predicted octanol–water partition coefficient (Wildman–Crippen LogP) is 4.84. The summed E-state index contributed by atoms with van der Waals surface area (Å²) in [6.45, 7) is 7.59. The minimum Gasteiger partial charge on any atom is -0.460 e. The van der Waals surface area contributed by atoms with Gasteiger partial charge in [-0.1, -0.05) is 61.4 Å². The van der Waals surface area contributed by atoms with E-state index in [0.717, 1.165) is 11.8 Å². The molecular formula is C36H45FN4O8. The molecule has 3 amide bonds. The Balaban J connectivity index is 1.53. The molecule has 2 aliphatic heterocycles. The number of carbonyl (C=O) groups is 4. The summed E-state index contributed by atoms with van der Waals surface area (Å²) in [6.07, 6.45) is 5.34. The second kappa shape index (κ2) is 17.6. The van der Waals surface area contributed by atoms with Crippen molar-refractivity contribution in [3.05, 3.63) is 83.6 Å². The number of aryl methyl sites for hydroxylation is 1. The van der Waals surface area contributed by atoms with Crippen molar-refractivity contribution in [2.75, 3.05) is 25.0 Å². The second-order valence-corrected chi connectivity index (χ2v) is 12.6. The molecule has 12 nitrogen and oxygen atoms in total. The molecule has 0 unspecified atom stereocenters. The zero-order valence-electron chi connectivity index (χ0n) is 28.3. The molecule has 6 atom stereocenters. The fraction of sp³-hybridized carbons (Fsp3) is 0.472. The summed E-state index contributed by atoms with van der Waals surface area (Å²) < 4.78 is 31.7. The molecule has 0 saturated carbocycles. The number of oxazole rings is 1. The van der Waals surface area contributed by atoms with Crippen molar-refractivity contribution in [3.63, 3.8) is 0 Å². The third-order valence-electron chi connectivity index (χ3n) is 8.34. The fourth-order valence-corrected chi connectivity index (χ4v) is 5.73. The van der Waals surface area contributed by atoms with Gasteiger partial charge >= 0.3 is 12.1 Å². The first-order valence-electron chi connectivity index (χ1n) is 16.5. The predicted molar refractivity (Wildman–Crippen MR) is 179 cm³/mol. The number of allylic oxidation sites excluding steroid dienone is 2. The van der Waals surface area contributed by atoms with E-state index in [1.54, 1.807) is 51.1 Å². The number of alkyl halides is 1. The Morgan fingerprint density at radius 2 is 1.96 bits per heavy atom. The molecule has 2 aromatic rings. The van der Waals surface area contributed by atoms with Crippen LogP contribution in [-0.4, -0.2) is 83.0 Å². The van der Waals surface area contributed by atoms with E-state index in [-0.39, 0.29) is 50.0 Å². The lowest BCUT2D eigenvalue weighted by atomic mass is 9.93. The summed E-state index contributed by atoms with van der Waals surface area (Å²) in [6, 6.07) is 6.30. The summed E-state index contributed by atoms with van der Waals surface area (Å²) in [5, 5.41) is 15.7. The SMILES string of the molecule is CC1=C[C@@H](O)C[C@@H](F)Cc2nc(co2)C(=O)N2CCC[C@@H]2C(=O)O[C@H]([C@H](C)COC(=O)Nc2ccc(C)cc2)[C@H](C)/C=C/C(=O)NCC=C1. The first kappa shape index (κ1) is 37.0. The average Bonchev–Trinajstić information content (AvgIpc) is 3.74. The highest BCUT2D eigenvalue weighted by atomic mass is 19.1. The Morgan fingerprint density at radius 3 is 2.71 bits per heavy atom. The lowest BCUT2D eigenvalue weighted by Gasteiger charge is -2.30. The number of anilines is 1. The molecule has 1 saturated heterocycles. The van der Waals surface area contributed by atoms with Crippen LogP contribution in [0.5, 0.6) is 0 Å². The molecule has 1 aromatic heterocycles. The fourth-order valence-electron chi connectivity index (χ4n) is 5.73. The number of nitrogens with zero attached hydrogens (tertiary/aromatic N) is 2. The van der Waals surface area contributed by atoms with Crippen LogP contribution in [0.15, 0.2) is 70.9 Å². The third kappa shape index (κ3) is 11.1. The molecule has 13 heteroatoms. The molecule has 264 valence electrons. The topological polar surface area (TPSA) is 160 Å². The summed E-state index contributed by atoms with van der Waals surface area (Å²) in [4.78, 5) is 57.8. The van der Waals surface area contributed by atoms with Crippen LogP contribution in [0.4, 0.5) is 14.9 Å². The van der Waals surface area contributed by atoms with E-state index in [0.29, 0.717) is 24.1 Å². The van der Waals surface area contributed by atoms with Crippen LogP contribution in [-0.2, 0) is 25.5 Å². The number of aromatic nitrogens is 1. The molecule has 0 aliphatic carbocycles. The van der Waals surface area contributed by atoms with Gasteiger partial charge in [-0.3, -0.25) is 14.9 Å². The summed E-state index contributed by atoms with van der Waals surface area (Å²) >= 11 is 0. The lowest BCUT2D eigenvalue weighted by Crippen LogP contribution is -2.44. The number of fused-ring (bicyclic) bond motifs is 3. The van der Waals surface area contributed by atoms with Crippen LogP contribution in [0.1, 0.15) is 62.0 Å². The van der Waals surface area contributed by atoms with E-state index in [9.17, 15) is 28.7 Å². The zero-order valence-corrected chi connectivity index (χ0v) is 28.3. The molecule has 49 heavy (non-hydrogen) atoms. The number of ether oxygens (including phenoxy) is 2. The average molecular weight is 681 g/mol. The smallest absolute Gasteiger partial charge is 0.411 e. The zero-order chi connectivity index (χ0) is 35.5. The number of cyclic esters (lactones) is 1. The number of aliphatic hydroxyl groups is 1. The van der Waals surface area contributed by atoms with Gasteiger partial charge in [-0.25, -0.2) is 19.0 Å². The van der Waals surface area contributed by atoms with Gasteiger partial charge in [0.2, 0.25) is 5.91 Å². The van der Waals surface area contributed by atoms with Crippen molar-refractivity contribution in [2.45, 2.75) is 77.8 Å². The number of halogens is 1. The van der Waals surface area contributed by atoms with Crippen LogP contribution in [0, 0.1) is 18.8 Å².